The van der Waals surface area contributed by atoms with Crippen molar-refractivity contribution >= 4 is 21.6 Å². The first-order valence-electron chi connectivity index (χ1n) is 8.55. The van der Waals surface area contributed by atoms with E-state index in [2.05, 4.69) is 10.3 Å². The molecule has 3 aromatic carbocycles. The molecule has 4 aromatic rings. The largest absolute Gasteiger partial charge is 0.284 e. The second-order valence-corrected chi connectivity index (χ2v) is 8.58. The molecule has 4 rings (SSSR count). The Morgan fingerprint density at radius 1 is 0.893 bits per heavy atom. The summed E-state index contributed by atoms with van der Waals surface area (Å²) in [5.41, 5.74) is 4.03. The Hall–Kier alpha value is -2.96. The van der Waals surface area contributed by atoms with E-state index in [1.807, 2.05) is 49.4 Å². The smallest absolute Gasteiger partial charge is 0.199 e. The topological polar surface area (TPSA) is 64.8 Å². The summed E-state index contributed by atoms with van der Waals surface area (Å²) >= 11 is 6.12. The maximum atomic E-state index is 12.8. The summed E-state index contributed by atoms with van der Waals surface area (Å²) in [6.07, 6.45) is 1.43. The highest BCUT2D eigenvalue weighted by molar-refractivity contribution is 7.89. The molecule has 0 aliphatic rings. The van der Waals surface area contributed by atoms with E-state index >= 15 is 0 Å². The molecule has 1 aromatic heterocycles. The number of benzene rings is 3. The van der Waals surface area contributed by atoms with E-state index in [-0.39, 0.29) is 4.90 Å². The van der Waals surface area contributed by atoms with Gasteiger partial charge in [-0.2, -0.15) is 8.42 Å². The molecule has 28 heavy (non-hydrogen) atoms. The van der Waals surface area contributed by atoms with Crippen molar-refractivity contribution in [1.82, 2.24) is 14.4 Å². The molecule has 0 bridgehead atoms. The van der Waals surface area contributed by atoms with Crippen molar-refractivity contribution in [3.05, 3.63) is 89.6 Å². The third kappa shape index (κ3) is 3.44. The molecule has 0 unspecified atom stereocenters. The van der Waals surface area contributed by atoms with Crippen LogP contribution in [0.5, 0.6) is 0 Å². The fourth-order valence-electron chi connectivity index (χ4n) is 2.92. The monoisotopic (exact) mass is 409 g/mol. The van der Waals surface area contributed by atoms with Crippen LogP contribution in [0.2, 0.25) is 5.02 Å². The molecular weight excluding hydrogens is 394 g/mol. The first kappa shape index (κ1) is 18.4. The fourth-order valence-corrected chi connectivity index (χ4v) is 4.18. The average Bonchev–Trinajstić information content (AvgIpc) is 3.19. The van der Waals surface area contributed by atoms with Crippen molar-refractivity contribution in [3.8, 4) is 22.4 Å². The zero-order valence-corrected chi connectivity index (χ0v) is 16.5. The second-order valence-electron chi connectivity index (χ2n) is 6.35. The van der Waals surface area contributed by atoms with Crippen LogP contribution < -0.4 is 0 Å². The lowest BCUT2D eigenvalue weighted by Crippen LogP contribution is -2.13. The summed E-state index contributed by atoms with van der Waals surface area (Å²) in [4.78, 5) is 0.165. The minimum atomic E-state index is -3.81. The number of nitrogens with zero attached hydrogens (tertiary/aromatic N) is 3. The van der Waals surface area contributed by atoms with Crippen molar-refractivity contribution in [2.45, 2.75) is 11.8 Å². The predicted molar refractivity (Wildman–Crippen MR) is 110 cm³/mol. The van der Waals surface area contributed by atoms with Crippen molar-refractivity contribution < 1.29 is 8.42 Å². The zero-order valence-electron chi connectivity index (χ0n) is 14.9. The first-order chi connectivity index (χ1) is 13.4. The number of aryl methyl sites for hydroxylation is 1. The van der Waals surface area contributed by atoms with Gasteiger partial charge in [-0.3, -0.25) is 0 Å². The molecule has 5 nitrogen and oxygen atoms in total. The van der Waals surface area contributed by atoms with Gasteiger partial charge >= 0.3 is 0 Å². The molecule has 0 radical (unpaired) electrons. The standard InChI is InChI=1S/C21H16ClN3O2S/c1-15-9-11-18(12-10-15)28(26,27)25-14-21(23-24-25)20-8-3-2-7-19(20)16-5-4-6-17(22)13-16/h2-14H,1H3. The summed E-state index contributed by atoms with van der Waals surface area (Å²) in [6.45, 7) is 1.90. The highest BCUT2D eigenvalue weighted by Crippen LogP contribution is 2.32. The number of hydrogen-bond donors (Lipinski definition) is 0. The van der Waals surface area contributed by atoms with E-state index < -0.39 is 10.0 Å². The second kappa shape index (κ2) is 7.22. The van der Waals surface area contributed by atoms with Crippen LogP contribution in [0.3, 0.4) is 0 Å². The third-order valence-electron chi connectivity index (χ3n) is 4.38. The lowest BCUT2D eigenvalue weighted by molar-refractivity contribution is 0.577. The van der Waals surface area contributed by atoms with Crippen LogP contribution >= 0.6 is 11.6 Å². The number of halogens is 1. The van der Waals surface area contributed by atoms with Crippen LogP contribution in [0, 0.1) is 6.92 Å². The Labute approximate surface area is 168 Å². The number of hydrogen-bond acceptors (Lipinski definition) is 4. The molecule has 0 aliphatic heterocycles. The van der Waals surface area contributed by atoms with Crippen molar-refractivity contribution in [2.75, 3.05) is 0 Å². The van der Waals surface area contributed by atoms with Gasteiger partial charge in [0.25, 0.3) is 10.0 Å². The average molecular weight is 410 g/mol. The van der Waals surface area contributed by atoms with Gasteiger partial charge in [-0.1, -0.05) is 70.9 Å². The Morgan fingerprint density at radius 2 is 1.61 bits per heavy atom. The van der Waals surface area contributed by atoms with E-state index in [0.717, 1.165) is 26.3 Å². The van der Waals surface area contributed by atoms with Crippen molar-refractivity contribution in [3.63, 3.8) is 0 Å². The van der Waals surface area contributed by atoms with Gasteiger partial charge in [-0.15, -0.1) is 9.19 Å². The summed E-state index contributed by atoms with van der Waals surface area (Å²) in [6, 6.07) is 21.7. The highest BCUT2D eigenvalue weighted by atomic mass is 35.5. The van der Waals surface area contributed by atoms with Gasteiger partial charge in [0.05, 0.1) is 11.1 Å². The molecule has 140 valence electrons. The summed E-state index contributed by atoms with van der Waals surface area (Å²) in [5.74, 6) is 0. The number of aromatic nitrogens is 3. The maximum Gasteiger partial charge on any atom is 0.284 e. The van der Waals surface area contributed by atoms with Gasteiger partial charge in [0, 0.05) is 10.6 Å². The zero-order chi connectivity index (χ0) is 19.7. The van der Waals surface area contributed by atoms with Gasteiger partial charge in [-0.05, 0) is 42.3 Å². The maximum absolute atomic E-state index is 12.8. The minimum absolute atomic E-state index is 0.165. The quantitative estimate of drug-likeness (QED) is 0.485. The third-order valence-corrected chi connectivity index (χ3v) is 6.15. The summed E-state index contributed by atoms with van der Waals surface area (Å²) in [7, 11) is -3.81. The van der Waals surface area contributed by atoms with Crippen LogP contribution in [0.15, 0.2) is 83.9 Å². The van der Waals surface area contributed by atoms with Gasteiger partial charge in [0.1, 0.15) is 5.69 Å². The molecule has 0 atom stereocenters. The Bertz CT molecular complexity index is 1250. The van der Waals surface area contributed by atoms with Gasteiger partial charge in [-0.25, -0.2) is 0 Å². The molecule has 0 N–H and O–H groups in total. The minimum Gasteiger partial charge on any atom is -0.199 e. The van der Waals surface area contributed by atoms with E-state index in [1.165, 1.54) is 6.20 Å². The van der Waals surface area contributed by atoms with Gasteiger partial charge in [0.15, 0.2) is 0 Å². The highest BCUT2D eigenvalue weighted by Gasteiger charge is 2.20. The van der Waals surface area contributed by atoms with Gasteiger partial charge in [0.2, 0.25) is 0 Å². The Kier molecular flexibility index (Phi) is 4.75. The van der Waals surface area contributed by atoms with Crippen LogP contribution in [0.25, 0.3) is 22.4 Å². The van der Waals surface area contributed by atoms with Crippen LogP contribution in [-0.2, 0) is 10.0 Å². The van der Waals surface area contributed by atoms with Crippen molar-refractivity contribution in [1.29, 1.82) is 0 Å². The summed E-state index contributed by atoms with van der Waals surface area (Å²) in [5, 5.41) is 8.60. The number of rotatable bonds is 4. The lowest BCUT2D eigenvalue weighted by atomic mass is 9.98. The predicted octanol–water partition coefficient (Wildman–Crippen LogP) is 4.81. The van der Waals surface area contributed by atoms with Crippen molar-refractivity contribution in [2.24, 2.45) is 0 Å². The normalized spacial score (nSPS) is 11.5. The molecule has 0 spiro atoms. The van der Waals surface area contributed by atoms with Gasteiger partial charge < -0.3 is 0 Å². The Morgan fingerprint density at radius 3 is 2.32 bits per heavy atom. The molecular formula is C21H16ClN3O2S. The first-order valence-corrected chi connectivity index (χ1v) is 10.4. The fraction of sp³-hybridized carbons (Fsp3) is 0.0476. The molecule has 7 heteroatoms. The Balaban J connectivity index is 1.78. The molecule has 0 aliphatic carbocycles. The van der Waals surface area contributed by atoms with Crippen LogP contribution in [-0.4, -0.2) is 22.8 Å². The molecule has 1 heterocycles. The summed E-state index contributed by atoms with van der Waals surface area (Å²) < 4.78 is 26.6. The van der Waals surface area contributed by atoms with E-state index in [0.29, 0.717) is 10.7 Å². The van der Waals surface area contributed by atoms with Crippen LogP contribution in [0.4, 0.5) is 0 Å². The van der Waals surface area contributed by atoms with Crippen LogP contribution in [0.1, 0.15) is 5.56 Å². The molecule has 0 fully saturated rings. The van der Waals surface area contributed by atoms with E-state index in [4.69, 9.17) is 11.6 Å². The SMILES string of the molecule is Cc1ccc(S(=O)(=O)n2cc(-c3ccccc3-c3cccc(Cl)c3)nn2)cc1. The van der Waals surface area contributed by atoms with E-state index in [1.54, 1.807) is 30.3 Å². The molecule has 0 saturated carbocycles. The molecule has 0 amide bonds. The molecule has 0 saturated heterocycles. The lowest BCUT2D eigenvalue weighted by Gasteiger charge is -2.07. The van der Waals surface area contributed by atoms with E-state index in [9.17, 15) is 8.42 Å².